The molecule has 0 radical (unpaired) electrons. The molecule has 1 unspecified atom stereocenters. The number of hydrogen-bond donors (Lipinski definition) is 0. The molecule has 0 amide bonds. The Balaban J connectivity index is 1.50. The molecule has 4 rings (SSSR count). The Hall–Kier alpha value is -4.73. The molecule has 0 heterocycles. The van der Waals surface area contributed by atoms with E-state index in [1.54, 1.807) is 0 Å². The van der Waals surface area contributed by atoms with Gasteiger partial charge in [-0.1, -0.05) is 42.7 Å². The molecule has 1 aliphatic rings. The van der Waals surface area contributed by atoms with E-state index in [2.05, 4.69) is 23.2 Å². The summed E-state index contributed by atoms with van der Waals surface area (Å²) in [5, 5.41) is 0. The third kappa shape index (κ3) is 7.07. The maximum absolute atomic E-state index is 14.9. The van der Waals surface area contributed by atoms with Gasteiger partial charge in [-0.3, -0.25) is 0 Å². The molecule has 2 nitrogen and oxygen atoms in total. The van der Waals surface area contributed by atoms with Crippen LogP contribution >= 0.6 is 0 Å². The van der Waals surface area contributed by atoms with E-state index >= 15 is 0 Å². The zero-order valence-corrected chi connectivity index (χ0v) is 21.9. The van der Waals surface area contributed by atoms with Gasteiger partial charge in [0.25, 0.3) is 0 Å². The molecule has 0 N–H and O–H groups in total. The van der Waals surface area contributed by atoms with Crippen LogP contribution in [0, 0.1) is 52.7 Å². The van der Waals surface area contributed by atoms with Crippen molar-refractivity contribution in [2.75, 3.05) is 6.61 Å². The van der Waals surface area contributed by atoms with Gasteiger partial charge in [0.05, 0.1) is 5.56 Å². The largest absolute Gasteiger partial charge is 0.489 e. The van der Waals surface area contributed by atoms with Gasteiger partial charge in [-0.25, -0.2) is 26.3 Å². The fourth-order valence-electron chi connectivity index (χ4n) is 4.15. The highest BCUT2D eigenvalue weighted by Gasteiger charge is 2.42. The van der Waals surface area contributed by atoms with Crippen LogP contribution in [0.3, 0.4) is 0 Å². The molecule has 0 spiro atoms. The summed E-state index contributed by atoms with van der Waals surface area (Å²) in [4.78, 5) is 0. The molecule has 13 heteroatoms. The van der Waals surface area contributed by atoms with Crippen LogP contribution in [0.2, 0.25) is 0 Å². The molecular formula is C31H17F11O2. The lowest BCUT2D eigenvalue weighted by Crippen LogP contribution is -2.25. The van der Waals surface area contributed by atoms with Crippen LogP contribution in [-0.4, -0.2) is 6.61 Å². The summed E-state index contributed by atoms with van der Waals surface area (Å²) in [6.45, 7) is 3.17. The van der Waals surface area contributed by atoms with E-state index < -0.39 is 81.3 Å². The van der Waals surface area contributed by atoms with Gasteiger partial charge in [0.2, 0.25) is 0 Å². The van der Waals surface area contributed by atoms with Gasteiger partial charge >= 0.3 is 12.3 Å². The van der Waals surface area contributed by atoms with Crippen molar-refractivity contribution in [1.29, 1.82) is 0 Å². The van der Waals surface area contributed by atoms with Crippen LogP contribution in [0.1, 0.15) is 28.7 Å². The second kappa shape index (κ2) is 12.5. The molecule has 3 aromatic carbocycles. The lowest BCUT2D eigenvalue weighted by Gasteiger charge is -2.21. The average molecular weight is 630 g/mol. The Labute approximate surface area is 242 Å². The van der Waals surface area contributed by atoms with E-state index in [4.69, 9.17) is 4.74 Å². The van der Waals surface area contributed by atoms with Gasteiger partial charge in [-0.2, -0.15) is 22.0 Å². The van der Waals surface area contributed by atoms with Crippen LogP contribution in [-0.2, 0) is 12.3 Å². The van der Waals surface area contributed by atoms with Crippen LogP contribution in [0.25, 0.3) is 5.57 Å². The van der Waals surface area contributed by atoms with Gasteiger partial charge in [-0.15, -0.1) is 0 Å². The van der Waals surface area contributed by atoms with E-state index in [0.29, 0.717) is 36.4 Å². The molecule has 0 bridgehead atoms. The van der Waals surface area contributed by atoms with Crippen LogP contribution in [0.5, 0.6) is 11.5 Å². The zero-order valence-electron chi connectivity index (χ0n) is 21.9. The molecule has 0 aliphatic heterocycles. The second-order valence-corrected chi connectivity index (χ2v) is 9.19. The van der Waals surface area contributed by atoms with Gasteiger partial charge in [0, 0.05) is 35.7 Å². The Morgan fingerprint density at radius 3 is 1.82 bits per heavy atom. The summed E-state index contributed by atoms with van der Waals surface area (Å²) in [5.74, 6) is -7.16. The molecule has 0 fully saturated rings. The number of benzene rings is 3. The summed E-state index contributed by atoms with van der Waals surface area (Å²) in [6.07, 6.45) is -4.81. The lowest BCUT2D eigenvalue weighted by atomic mass is 9.92. The monoisotopic (exact) mass is 630 g/mol. The minimum absolute atomic E-state index is 0.00466. The van der Waals surface area contributed by atoms with Crippen LogP contribution in [0.4, 0.5) is 48.3 Å². The summed E-state index contributed by atoms with van der Waals surface area (Å²) >= 11 is 0. The minimum atomic E-state index is -5.24. The first-order valence-corrected chi connectivity index (χ1v) is 12.4. The van der Waals surface area contributed by atoms with Crippen molar-refractivity contribution in [3.63, 3.8) is 0 Å². The second-order valence-electron chi connectivity index (χ2n) is 9.19. The fourth-order valence-corrected chi connectivity index (χ4v) is 4.15. The Morgan fingerprint density at radius 2 is 1.32 bits per heavy atom. The van der Waals surface area contributed by atoms with Gasteiger partial charge < -0.3 is 9.47 Å². The molecule has 230 valence electrons. The first-order chi connectivity index (χ1) is 20.6. The van der Waals surface area contributed by atoms with Gasteiger partial charge in [-0.05, 0) is 24.1 Å². The maximum atomic E-state index is 14.9. The Morgan fingerprint density at radius 1 is 0.773 bits per heavy atom. The quantitative estimate of drug-likeness (QED) is 0.147. The van der Waals surface area contributed by atoms with Crippen molar-refractivity contribution >= 4 is 5.57 Å². The predicted octanol–water partition coefficient (Wildman–Crippen LogP) is 9.24. The highest BCUT2D eigenvalue weighted by atomic mass is 19.4. The number of allylic oxidation sites excluding steroid dienone is 4. The molecule has 0 saturated heterocycles. The number of halogens is 11. The third-order valence-corrected chi connectivity index (χ3v) is 6.05. The van der Waals surface area contributed by atoms with Crippen LogP contribution in [0.15, 0.2) is 67.3 Å². The Bertz CT molecular complexity index is 1660. The normalized spacial score (nSPS) is 14.9. The fraction of sp³-hybridized carbons (Fsp3) is 0.161. The van der Waals surface area contributed by atoms with E-state index in [0.717, 1.165) is 0 Å². The van der Waals surface area contributed by atoms with Crippen molar-refractivity contribution in [1.82, 2.24) is 0 Å². The van der Waals surface area contributed by atoms with Gasteiger partial charge in [0.1, 0.15) is 64.1 Å². The molecular weight excluding hydrogens is 613 g/mol. The average Bonchev–Trinajstić information content (AvgIpc) is 2.89. The van der Waals surface area contributed by atoms with Crippen LogP contribution < -0.4 is 9.47 Å². The van der Waals surface area contributed by atoms with Crippen molar-refractivity contribution in [3.8, 4) is 23.3 Å². The Kier molecular flexibility index (Phi) is 9.13. The standard InChI is InChI=1S/C31H17F11O2/c1-2-9-43-19-12-25(36)29(26(37)13-19)31(41,42)44-20-14-21(32)27(22(33)15-20)18-7-5-16(6-8-18)3-4-17-10-23(34)28(24(35)11-17)30(38,39)40/h2,5,7-8,10-16H,1,6,9H2. The molecule has 1 aliphatic carbocycles. The van der Waals surface area contributed by atoms with Crippen molar-refractivity contribution < 1.29 is 57.8 Å². The van der Waals surface area contributed by atoms with Gasteiger partial charge in [0.15, 0.2) is 0 Å². The zero-order chi connectivity index (χ0) is 32.4. The number of hydrogen-bond acceptors (Lipinski definition) is 2. The molecule has 0 aromatic heterocycles. The maximum Gasteiger partial charge on any atom is 0.432 e. The molecule has 1 atom stereocenters. The van der Waals surface area contributed by atoms with E-state index in [1.165, 1.54) is 24.3 Å². The summed E-state index contributed by atoms with van der Waals surface area (Å²) in [7, 11) is 0. The van der Waals surface area contributed by atoms with Crippen molar-refractivity contribution in [2.24, 2.45) is 5.92 Å². The first-order valence-electron chi connectivity index (χ1n) is 12.4. The first kappa shape index (κ1) is 32.2. The summed E-state index contributed by atoms with van der Waals surface area (Å²) < 4.78 is 163. The summed E-state index contributed by atoms with van der Waals surface area (Å²) in [6, 6.07) is 2.56. The highest BCUT2D eigenvalue weighted by Crippen LogP contribution is 2.39. The minimum Gasteiger partial charge on any atom is -0.489 e. The summed E-state index contributed by atoms with van der Waals surface area (Å²) in [5.41, 5.74) is -4.95. The van der Waals surface area contributed by atoms with E-state index in [1.807, 2.05) is 0 Å². The molecule has 44 heavy (non-hydrogen) atoms. The SMILES string of the molecule is C=CCOc1cc(F)c(C(F)(F)Oc2cc(F)c(C3=CCC(C#Cc4cc(F)c(C(F)(F)F)c(F)c4)C=C3)c(F)c2)c(F)c1. The number of rotatable bonds is 7. The van der Waals surface area contributed by atoms with E-state index in [9.17, 15) is 48.3 Å². The molecule has 3 aromatic rings. The highest BCUT2D eigenvalue weighted by molar-refractivity contribution is 5.76. The third-order valence-electron chi connectivity index (χ3n) is 6.05. The topological polar surface area (TPSA) is 18.5 Å². The van der Waals surface area contributed by atoms with E-state index in [-0.39, 0.29) is 24.2 Å². The predicted molar refractivity (Wildman–Crippen MR) is 136 cm³/mol. The van der Waals surface area contributed by atoms with Crippen molar-refractivity contribution in [3.05, 3.63) is 124 Å². The lowest BCUT2D eigenvalue weighted by molar-refractivity contribution is -0.189. The number of alkyl halides is 5. The molecule has 0 saturated carbocycles. The number of ether oxygens (including phenoxy) is 2. The van der Waals surface area contributed by atoms with Crippen molar-refractivity contribution in [2.45, 2.75) is 18.7 Å². The smallest absolute Gasteiger partial charge is 0.432 e.